The zero-order chi connectivity index (χ0) is 14.7. The highest BCUT2D eigenvalue weighted by molar-refractivity contribution is 5.73. The molecule has 1 amide bonds. The summed E-state index contributed by atoms with van der Waals surface area (Å²) in [7, 11) is 1.99. The number of nitrogens with zero attached hydrogens (tertiary/aromatic N) is 1. The molecule has 0 fully saturated rings. The van der Waals surface area contributed by atoms with Gasteiger partial charge in [0.25, 0.3) is 0 Å². The summed E-state index contributed by atoms with van der Waals surface area (Å²) >= 11 is 0. The molecule has 0 rings (SSSR count). The summed E-state index contributed by atoms with van der Waals surface area (Å²) in [6.07, 6.45) is 4.09. The van der Waals surface area contributed by atoms with E-state index in [0.29, 0.717) is 18.9 Å². The maximum Gasteiger partial charge on any atom is 0.219 e. The van der Waals surface area contributed by atoms with Crippen LogP contribution in [0.1, 0.15) is 46.5 Å². The van der Waals surface area contributed by atoms with Crippen LogP contribution in [0.3, 0.4) is 0 Å². The van der Waals surface area contributed by atoms with E-state index in [-0.39, 0.29) is 12.5 Å². The number of carbonyl (C=O) groups excluding carboxylic acids is 1. The summed E-state index contributed by atoms with van der Waals surface area (Å²) in [4.78, 5) is 13.3. The van der Waals surface area contributed by atoms with E-state index in [2.05, 4.69) is 19.2 Å². The second kappa shape index (κ2) is 11.2. The van der Waals surface area contributed by atoms with Gasteiger partial charge < -0.3 is 15.3 Å². The van der Waals surface area contributed by atoms with Crippen LogP contribution < -0.4 is 5.32 Å². The topological polar surface area (TPSA) is 52.6 Å². The van der Waals surface area contributed by atoms with Gasteiger partial charge in [0.05, 0.1) is 0 Å². The first-order valence-corrected chi connectivity index (χ1v) is 7.53. The molecule has 4 nitrogen and oxygen atoms in total. The second-order valence-corrected chi connectivity index (χ2v) is 5.62. The molecule has 0 aliphatic heterocycles. The molecule has 0 bridgehead atoms. The lowest BCUT2D eigenvalue weighted by atomic mass is 9.88. The molecule has 0 heterocycles. The maximum absolute atomic E-state index is 11.5. The van der Waals surface area contributed by atoms with Gasteiger partial charge in [0.15, 0.2) is 0 Å². The van der Waals surface area contributed by atoms with E-state index in [0.717, 1.165) is 25.4 Å². The Bertz CT molecular complexity index is 232. The van der Waals surface area contributed by atoms with Crippen molar-refractivity contribution in [2.45, 2.75) is 46.5 Å². The normalized spacial score (nSPS) is 12.7. The molecule has 114 valence electrons. The third-order valence-electron chi connectivity index (χ3n) is 3.74. The summed E-state index contributed by atoms with van der Waals surface area (Å²) in [6, 6.07) is 0. The van der Waals surface area contributed by atoms with Crippen molar-refractivity contribution in [2.24, 2.45) is 11.8 Å². The molecule has 4 heteroatoms. The molecule has 0 spiro atoms. The van der Waals surface area contributed by atoms with Gasteiger partial charge in [-0.3, -0.25) is 4.79 Å². The largest absolute Gasteiger partial charge is 0.396 e. The maximum atomic E-state index is 11.5. The number of rotatable bonds is 11. The Morgan fingerprint density at radius 1 is 1.21 bits per heavy atom. The van der Waals surface area contributed by atoms with Crippen LogP contribution in [0.25, 0.3) is 0 Å². The van der Waals surface area contributed by atoms with Crippen molar-refractivity contribution in [3.8, 4) is 0 Å². The highest BCUT2D eigenvalue weighted by Crippen LogP contribution is 2.20. The Morgan fingerprint density at radius 2 is 1.84 bits per heavy atom. The van der Waals surface area contributed by atoms with E-state index >= 15 is 0 Å². The van der Waals surface area contributed by atoms with Crippen molar-refractivity contribution in [1.29, 1.82) is 0 Å². The monoisotopic (exact) mass is 272 g/mol. The van der Waals surface area contributed by atoms with E-state index in [4.69, 9.17) is 5.11 Å². The van der Waals surface area contributed by atoms with Gasteiger partial charge >= 0.3 is 0 Å². The Morgan fingerprint density at radius 3 is 2.32 bits per heavy atom. The number of carbonyl (C=O) groups is 1. The van der Waals surface area contributed by atoms with Crippen molar-refractivity contribution in [1.82, 2.24) is 10.2 Å². The fourth-order valence-corrected chi connectivity index (χ4v) is 2.37. The zero-order valence-electron chi connectivity index (χ0n) is 13.1. The van der Waals surface area contributed by atoms with E-state index in [9.17, 15) is 4.79 Å². The Labute approximate surface area is 118 Å². The van der Waals surface area contributed by atoms with Crippen LogP contribution >= 0.6 is 0 Å². The Balaban J connectivity index is 4.02. The number of hydrogen-bond donors (Lipinski definition) is 2. The third-order valence-corrected chi connectivity index (χ3v) is 3.74. The summed E-state index contributed by atoms with van der Waals surface area (Å²) in [6.45, 7) is 8.86. The Kier molecular flexibility index (Phi) is 10.9. The average Bonchev–Trinajstić information content (AvgIpc) is 2.36. The highest BCUT2D eigenvalue weighted by Gasteiger charge is 2.14. The summed E-state index contributed by atoms with van der Waals surface area (Å²) in [5.41, 5.74) is 0. The third kappa shape index (κ3) is 9.00. The summed E-state index contributed by atoms with van der Waals surface area (Å²) in [5.74, 6) is 1.53. The molecule has 0 saturated carbocycles. The predicted molar refractivity (Wildman–Crippen MR) is 80.1 cm³/mol. The van der Waals surface area contributed by atoms with Crippen molar-refractivity contribution in [3.63, 3.8) is 0 Å². The standard InChI is InChI=1S/C15H32N2O2/c1-13(2)15(8-9-16-4)7-5-10-17(14(3)19)11-6-12-18/h13,15-16,18H,5-12H2,1-4H3/t15-/m1/s1. The fraction of sp³-hybridized carbons (Fsp3) is 0.933. The van der Waals surface area contributed by atoms with E-state index in [1.807, 2.05) is 11.9 Å². The molecule has 0 saturated heterocycles. The lowest BCUT2D eigenvalue weighted by Crippen LogP contribution is -2.31. The van der Waals surface area contributed by atoms with Crippen LogP contribution in [-0.2, 0) is 4.79 Å². The minimum Gasteiger partial charge on any atom is -0.396 e. The van der Waals surface area contributed by atoms with Gasteiger partial charge in [-0.1, -0.05) is 13.8 Å². The first-order valence-electron chi connectivity index (χ1n) is 7.53. The van der Waals surface area contributed by atoms with Crippen molar-refractivity contribution >= 4 is 5.91 Å². The summed E-state index contributed by atoms with van der Waals surface area (Å²) < 4.78 is 0. The molecular formula is C15H32N2O2. The minimum atomic E-state index is 0.116. The number of aliphatic hydroxyl groups is 1. The van der Waals surface area contributed by atoms with Crippen LogP contribution in [0.15, 0.2) is 0 Å². The second-order valence-electron chi connectivity index (χ2n) is 5.62. The smallest absolute Gasteiger partial charge is 0.219 e. The SMILES string of the molecule is CNCC[C@@H](CCCN(CCCO)C(C)=O)C(C)C. The Hall–Kier alpha value is -0.610. The van der Waals surface area contributed by atoms with Gasteiger partial charge in [-0.2, -0.15) is 0 Å². The van der Waals surface area contributed by atoms with Gasteiger partial charge in [-0.25, -0.2) is 0 Å². The molecule has 0 aromatic rings. The van der Waals surface area contributed by atoms with E-state index in [1.54, 1.807) is 6.92 Å². The van der Waals surface area contributed by atoms with Crippen molar-refractivity contribution < 1.29 is 9.90 Å². The number of aliphatic hydroxyl groups excluding tert-OH is 1. The highest BCUT2D eigenvalue weighted by atomic mass is 16.3. The van der Waals surface area contributed by atoms with Crippen LogP contribution in [0, 0.1) is 11.8 Å². The molecule has 0 aliphatic carbocycles. The van der Waals surface area contributed by atoms with E-state index < -0.39 is 0 Å². The van der Waals surface area contributed by atoms with Crippen molar-refractivity contribution in [2.75, 3.05) is 33.3 Å². The van der Waals surface area contributed by atoms with E-state index in [1.165, 1.54) is 12.8 Å². The van der Waals surface area contributed by atoms with Gasteiger partial charge in [0, 0.05) is 26.6 Å². The van der Waals surface area contributed by atoms with Crippen LogP contribution in [0.5, 0.6) is 0 Å². The number of nitrogens with one attached hydrogen (secondary N) is 1. The van der Waals surface area contributed by atoms with Gasteiger partial charge in [-0.15, -0.1) is 0 Å². The average molecular weight is 272 g/mol. The molecule has 0 radical (unpaired) electrons. The number of amides is 1. The van der Waals surface area contributed by atoms with Gasteiger partial charge in [0.2, 0.25) is 5.91 Å². The minimum absolute atomic E-state index is 0.116. The fourth-order valence-electron chi connectivity index (χ4n) is 2.37. The molecule has 2 N–H and O–H groups in total. The first-order chi connectivity index (χ1) is 9.02. The first kappa shape index (κ1) is 18.4. The molecule has 0 aliphatic rings. The van der Waals surface area contributed by atoms with Crippen molar-refractivity contribution in [3.05, 3.63) is 0 Å². The lowest BCUT2D eigenvalue weighted by Gasteiger charge is -2.24. The summed E-state index contributed by atoms with van der Waals surface area (Å²) in [5, 5.41) is 12.0. The van der Waals surface area contributed by atoms with Gasteiger partial charge in [0.1, 0.15) is 0 Å². The molecule has 0 aromatic heterocycles. The quantitative estimate of drug-likeness (QED) is 0.604. The molecule has 19 heavy (non-hydrogen) atoms. The predicted octanol–water partition coefficient (Wildman–Crippen LogP) is 1.88. The van der Waals surface area contributed by atoms with Gasteiger partial charge in [-0.05, 0) is 51.1 Å². The number of hydrogen-bond acceptors (Lipinski definition) is 3. The van der Waals surface area contributed by atoms with Crippen LogP contribution in [0.4, 0.5) is 0 Å². The molecule has 0 unspecified atom stereocenters. The molecule has 0 aromatic carbocycles. The van der Waals surface area contributed by atoms with Crippen LogP contribution in [-0.4, -0.2) is 49.2 Å². The van der Waals surface area contributed by atoms with Crippen LogP contribution in [0.2, 0.25) is 0 Å². The molecule has 1 atom stereocenters. The lowest BCUT2D eigenvalue weighted by molar-refractivity contribution is -0.129. The zero-order valence-corrected chi connectivity index (χ0v) is 13.1. The molecular weight excluding hydrogens is 240 g/mol.